The predicted octanol–water partition coefficient (Wildman–Crippen LogP) is 3.94. The number of para-hydroxylation sites is 1. The van der Waals surface area contributed by atoms with Crippen LogP contribution in [-0.2, 0) is 10.2 Å². The Morgan fingerprint density at radius 2 is 1.79 bits per heavy atom. The van der Waals surface area contributed by atoms with Gasteiger partial charge in [-0.15, -0.1) is 0 Å². The van der Waals surface area contributed by atoms with Crippen LogP contribution in [-0.4, -0.2) is 72.6 Å². The fourth-order valence-corrected chi connectivity index (χ4v) is 6.70. The van der Waals surface area contributed by atoms with E-state index in [1.807, 2.05) is 11.1 Å². The number of nitrogens with zero attached hydrogens (tertiary/aromatic N) is 5. The lowest BCUT2D eigenvalue weighted by Crippen LogP contribution is -2.53. The second kappa shape index (κ2) is 8.81. The van der Waals surface area contributed by atoms with E-state index < -0.39 is 0 Å². The topological polar surface area (TPSA) is 51.5 Å². The van der Waals surface area contributed by atoms with Crippen LogP contribution in [0, 0.1) is 0 Å². The van der Waals surface area contributed by atoms with E-state index in [2.05, 4.69) is 57.3 Å². The largest absolute Gasteiger partial charge is 0.356 e. The molecular formula is C28H35N5O. The van der Waals surface area contributed by atoms with Gasteiger partial charge < -0.3 is 14.7 Å². The quantitative estimate of drug-likeness (QED) is 0.642. The van der Waals surface area contributed by atoms with Crippen molar-refractivity contribution in [1.29, 1.82) is 0 Å². The van der Waals surface area contributed by atoms with E-state index >= 15 is 0 Å². The number of hydrogen-bond acceptors (Lipinski definition) is 5. The minimum atomic E-state index is 0.159. The van der Waals surface area contributed by atoms with Crippen LogP contribution in [0.1, 0.15) is 51.0 Å². The number of amidine groups is 1. The molecule has 4 aliphatic heterocycles. The third-order valence-corrected chi connectivity index (χ3v) is 8.74. The standard InChI is InChI=1S/C28H35N5O/c1-21(34)33-19-14-28(23-6-2-5-9-26(23)33)12-17-31(18-13-28)22-10-15-32(16-11-22)27-20-29-24-7-3-4-8-25(24)30-27/h2-7,9,20,22,25H,8,10-19H2,1H3. The molecule has 0 N–H and O–H groups in total. The first kappa shape index (κ1) is 21.8. The van der Waals surface area contributed by atoms with Gasteiger partial charge in [-0.1, -0.05) is 30.4 Å². The molecule has 6 nitrogen and oxygen atoms in total. The van der Waals surface area contributed by atoms with Gasteiger partial charge >= 0.3 is 0 Å². The maximum Gasteiger partial charge on any atom is 0.223 e. The van der Waals surface area contributed by atoms with Crippen molar-refractivity contribution in [3.05, 3.63) is 53.8 Å². The van der Waals surface area contributed by atoms with Crippen molar-refractivity contribution < 1.29 is 4.79 Å². The molecule has 0 radical (unpaired) electrons. The number of hydrogen-bond donors (Lipinski definition) is 0. The molecule has 1 atom stereocenters. The van der Waals surface area contributed by atoms with Crippen molar-refractivity contribution in [2.45, 2.75) is 62.9 Å². The van der Waals surface area contributed by atoms with Crippen molar-refractivity contribution in [2.75, 3.05) is 37.6 Å². The number of aliphatic imine (C=N–C) groups is 2. The summed E-state index contributed by atoms with van der Waals surface area (Å²) in [7, 11) is 0. The summed E-state index contributed by atoms with van der Waals surface area (Å²) >= 11 is 0. The third-order valence-electron chi connectivity index (χ3n) is 8.74. The zero-order valence-electron chi connectivity index (χ0n) is 20.2. The number of carbonyl (C=O) groups excluding carboxylic acids is 1. The van der Waals surface area contributed by atoms with Crippen LogP contribution in [0.4, 0.5) is 5.69 Å². The van der Waals surface area contributed by atoms with Crippen LogP contribution in [0.2, 0.25) is 0 Å². The minimum absolute atomic E-state index is 0.159. The Balaban J connectivity index is 1.08. The van der Waals surface area contributed by atoms with Crippen LogP contribution < -0.4 is 4.90 Å². The molecule has 5 aliphatic rings. The number of carbonyl (C=O) groups is 1. The molecule has 1 aliphatic carbocycles. The highest BCUT2D eigenvalue weighted by molar-refractivity contribution is 6.30. The summed E-state index contributed by atoms with van der Waals surface area (Å²) in [6.07, 6.45) is 15.2. The first-order valence-electron chi connectivity index (χ1n) is 13.0. The van der Waals surface area contributed by atoms with Crippen molar-refractivity contribution in [1.82, 2.24) is 9.80 Å². The summed E-state index contributed by atoms with van der Waals surface area (Å²) in [6, 6.07) is 9.49. The molecular weight excluding hydrogens is 422 g/mol. The molecule has 1 unspecified atom stereocenters. The second-order valence-corrected chi connectivity index (χ2v) is 10.5. The molecule has 2 fully saturated rings. The van der Waals surface area contributed by atoms with Gasteiger partial charge in [-0.05, 0) is 69.3 Å². The lowest BCUT2D eigenvalue weighted by molar-refractivity contribution is -0.116. The number of amides is 1. The Labute approximate surface area is 202 Å². The normalized spacial score (nSPS) is 26.7. The molecule has 0 saturated carbocycles. The second-order valence-electron chi connectivity index (χ2n) is 10.5. The molecule has 4 heterocycles. The maximum atomic E-state index is 12.2. The van der Waals surface area contributed by atoms with Crippen LogP contribution in [0.3, 0.4) is 0 Å². The number of piperidine rings is 2. The van der Waals surface area contributed by atoms with Crippen molar-refractivity contribution >= 4 is 23.6 Å². The van der Waals surface area contributed by atoms with Gasteiger partial charge in [-0.3, -0.25) is 14.8 Å². The summed E-state index contributed by atoms with van der Waals surface area (Å²) in [6.45, 7) is 6.98. The maximum absolute atomic E-state index is 12.2. The SMILES string of the molecule is CC(=O)N1CCC2(CCN(C3CCN(C4=NC5CC=CC=C5N=C4)CC3)CC2)c2ccccc21. The number of rotatable bonds is 1. The van der Waals surface area contributed by atoms with E-state index in [1.54, 1.807) is 6.92 Å². The zero-order chi connectivity index (χ0) is 23.1. The van der Waals surface area contributed by atoms with Crippen LogP contribution in [0.15, 0.2) is 58.2 Å². The molecule has 6 rings (SSSR count). The van der Waals surface area contributed by atoms with Gasteiger partial charge in [0.2, 0.25) is 5.91 Å². The molecule has 0 bridgehead atoms. The monoisotopic (exact) mass is 457 g/mol. The van der Waals surface area contributed by atoms with Crippen LogP contribution >= 0.6 is 0 Å². The van der Waals surface area contributed by atoms with E-state index in [9.17, 15) is 4.79 Å². The summed E-state index contributed by atoms with van der Waals surface area (Å²) in [4.78, 5) is 29.0. The van der Waals surface area contributed by atoms with Crippen molar-refractivity contribution in [3.63, 3.8) is 0 Å². The zero-order valence-corrected chi connectivity index (χ0v) is 20.2. The number of benzene rings is 1. The summed E-state index contributed by atoms with van der Waals surface area (Å²) in [5.74, 6) is 1.23. The van der Waals surface area contributed by atoms with Crippen LogP contribution in [0.25, 0.3) is 0 Å². The Bertz CT molecular complexity index is 1070. The Morgan fingerprint density at radius 1 is 1.03 bits per heavy atom. The molecule has 2 saturated heterocycles. The van der Waals surface area contributed by atoms with E-state index in [-0.39, 0.29) is 17.4 Å². The van der Waals surface area contributed by atoms with E-state index in [0.29, 0.717) is 6.04 Å². The molecule has 1 spiro atoms. The smallest absolute Gasteiger partial charge is 0.223 e. The number of fused-ring (bicyclic) bond motifs is 3. The highest BCUT2D eigenvalue weighted by Crippen LogP contribution is 2.47. The van der Waals surface area contributed by atoms with E-state index in [0.717, 1.165) is 62.8 Å². The molecule has 178 valence electrons. The van der Waals surface area contributed by atoms with Gasteiger partial charge in [0.05, 0.1) is 18.0 Å². The third kappa shape index (κ3) is 3.82. The lowest BCUT2D eigenvalue weighted by Gasteiger charge is -2.50. The Morgan fingerprint density at radius 3 is 2.59 bits per heavy atom. The number of anilines is 1. The summed E-state index contributed by atoms with van der Waals surface area (Å²) in [5.41, 5.74) is 3.86. The average Bonchev–Trinajstić information content (AvgIpc) is 2.89. The highest BCUT2D eigenvalue weighted by Gasteiger charge is 2.43. The number of likely N-dealkylation sites (tertiary alicyclic amines) is 2. The number of allylic oxidation sites excluding steroid dienone is 2. The lowest BCUT2D eigenvalue weighted by atomic mass is 9.67. The average molecular weight is 458 g/mol. The Hall–Kier alpha value is -2.73. The molecule has 34 heavy (non-hydrogen) atoms. The first-order chi connectivity index (χ1) is 16.6. The fraction of sp³-hybridized carbons (Fsp3) is 0.536. The van der Waals surface area contributed by atoms with Crippen LogP contribution in [0.5, 0.6) is 0 Å². The first-order valence-corrected chi connectivity index (χ1v) is 13.0. The highest BCUT2D eigenvalue weighted by atomic mass is 16.2. The van der Waals surface area contributed by atoms with Gasteiger partial charge in [-0.2, -0.15) is 0 Å². The Kier molecular flexibility index (Phi) is 5.64. The van der Waals surface area contributed by atoms with E-state index in [4.69, 9.17) is 4.99 Å². The van der Waals surface area contributed by atoms with Crippen molar-refractivity contribution in [2.24, 2.45) is 9.98 Å². The molecule has 1 aromatic carbocycles. The van der Waals surface area contributed by atoms with Gasteiger partial charge in [-0.25, -0.2) is 0 Å². The van der Waals surface area contributed by atoms with Gasteiger partial charge in [0.25, 0.3) is 0 Å². The van der Waals surface area contributed by atoms with E-state index in [1.165, 1.54) is 31.2 Å². The molecule has 1 aromatic rings. The van der Waals surface area contributed by atoms with Crippen molar-refractivity contribution in [3.8, 4) is 0 Å². The summed E-state index contributed by atoms with van der Waals surface area (Å²) < 4.78 is 0. The van der Waals surface area contributed by atoms with Gasteiger partial charge in [0.1, 0.15) is 5.84 Å². The van der Waals surface area contributed by atoms with Gasteiger partial charge in [0.15, 0.2) is 0 Å². The molecule has 6 heteroatoms. The summed E-state index contributed by atoms with van der Waals surface area (Å²) in [5, 5.41) is 0. The predicted molar refractivity (Wildman–Crippen MR) is 138 cm³/mol. The minimum Gasteiger partial charge on any atom is -0.356 e. The molecule has 1 amide bonds. The molecule has 0 aromatic heterocycles. The fourth-order valence-electron chi connectivity index (χ4n) is 6.70. The van der Waals surface area contributed by atoms with Gasteiger partial charge in [0, 0.05) is 43.7 Å².